The first-order chi connectivity index (χ1) is 9.42. The third kappa shape index (κ3) is 3.48. The summed E-state index contributed by atoms with van der Waals surface area (Å²) in [6.45, 7) is 7.25. The van der Waals surface area contributed by atoms with Gasteiger partial charge in [0.25, 0.3) is 0 Å². The van der Waals surface area contributed by atoms with Gasteiger partial charge in [-0.05, 0) is 44.5 Å². The van der Waals surface area contributed by atoms with Crippen LogP contribution in [0.1, 0.15) is 19.3 Å². The molecule has 0 amide bonds. The lowest BCUT2D eigenvalue weighted by atomic mass is 10.1. The number of nitrogens with one attached hydrogen (secondary N) is 1. The Balaban J connectivity index is 1.42. The van der Waals surface area contributed by atoms with Crippen LogP contribution in [0.4, 0.5) is 5.69 Å². The quantitative estimate of drug-likeness (QED) is 0.891. The number of benzene rings is 1. The summed E-state index contributed by atoms with van der Waals surface area (Å²) >= 11 is 0. The summed E-state index contributed by atoms with van der Waals surface area (Å²) in [5.74, 6) is 0. The van der Waals surface area contributed by atoms with Crippen LogP contribution in [-0.2, 0) is 0 Å². The average molecular weight is 259 g/mol. The number of anilines is 1. The Kier molecular flexibility index (Phi) is 4.36. The fraction of sp³-hybridized carbons (Fsp3) is 0.625. The molecule has 0 spiro atoms. The molecule has 1 aromatic carbocycles. The van der Waals surface area contributed by atoms with Gasteiger partial charge in [0, 0.05) is 37.9 Å². The Morgan fingerprint density at radius 1 is 1.05 bits per heavy atom. The first kappa shape index (κ1) is 12.9. The maximum Gasteiger partial charge on any atom is 0.0367 e. The van der Waals surface area contributed by atoms with Gasteiger partial charge in [0.1, 0.15) is 0 Å². The maximum absolute atomic E-state index is 3.59. The van der Waals surface area contributed by atoms with Crippen LogP contribution in [0.2, 0.25) is 0 Å². The van der Waals surface area contributed by atoms with Crippen LogP contribution in [-0.4, -0.2) is 50.2 Å². The molecule has 0 aliphatic carbocycles. The van der Waals surface area contributed by atoms with Gasteiger partial charge in [-0.2, -0.15) is 0 Å². The average Bonchev–Trinajstić information content (AvgIpc) is 3.00. The summed E-state index contributed by atoms with van der Waals surface area (Å²) in [6, 6.07) is 11.6. The maximum atomic E-state index is 3.59. The standard InChI is InChI=1S/C16H25N3/c1-2-6-16(7-3-1)19-13-11-18(12-14-19)10-8-15-5-4-9-17-15/h1-3,6-7,15,17H,4-5,8-14H2. The SMILES string of the molecule is c1ccc(N2CCN(CCC3CCCN3)CC2)cc1. The summed E-state index contributed by atoms with van der Waals surface area (Å²) in [7, 11) is 0. The summed E-state index contributed by atoms with van der Waals surface area (Å²) in [6.07, 6.45) is 4.07. The second-order valence-corrected chi connectivity index (χ2v) is 5.75. The van der Waals surface area contributed by atoms with Gasteiger partial charge in [0.15, 0.2) is 0 Å². The Morgan fingerprint density at radius 2 is 1.84 bits per heavy atom. The van der Waals surface area contributed by atoms with Crippen LogP contribution in [0.5, 0.6) is 0 Å². The fourth-order valence-electron chi connectivity index (χ4n) is 3.21. The Hall–Kier alpha value is -1.06. The summed E-state index contributed by atoms with van der Waals surface area (Å²) in [5.41, 5.74) is 1.37. The van der Waals surface area contributed by atoms with Crippen molar-refractivity contribution >= 4 is 5.69 Å². The summed E-state index contributed by atoms with van der Waals surface area (Å²) in [4.78, 5) is 5.13. The van der Waals surface area contributed by atoms with Crippen LogP contribution >= 0.6 is 0 Å². The van der Waals surface area contributed by atoms with Crippen molar-refractivity contribution in [3.8, 4) is 0 Å². The molecular formula is C16H25N3. The lowest BCUT2D eigenvalue weighted by Crippen LogP contribution is -2.47. The van der Waals surface area contributed by atoms with E-state index in [9.17, 15) is 0 Å². The summed E-state index contributed by atoms with van der Waals surface area (Å²) in [5, 5.41) is 3.59. The van der Waals surface area contributed by atoms with Crippen molar-refractivity contribution in [2.24, 2.45) is 0 Å². The van der Waals surface area contributed by atoms with Gasteiger partial charge in [-0.1, -0.05) is 18.2 Å². The van der Waals surface area contributed by atoms with E-state index in [1.54, 1.807) is 0 Å². The molecule has 2 saturated heterocycles. The molecule has 0 aromatic heterocycles. The molecule has 1 aromatic rings. The number of para-hydroxylation sites is 1. The van der Waals surface area contributed by atoms with Gasteiger partial charge in [0.05, 0.1) is 0 Å². The van der Waals surface area contributed by atoms with Crippen molar-refractivity contribution in [2.45, 2.75) is 25.3 Å². The van der Waals surface area contributed by atoms with Gasteiger partial charge < -0.3 is 10.2 Å². The van der Waals surface area contributed by atoms with Gasteiger partial charge in [-0.3, -0.25) is 4.90 Å². The molecule has 3 heteroatoms. The first-order valence-corrected chi connectivity index (χ1v) is 7.67. The van der Waals surface area contributed by atoms with E-state index in [-0.39, 0.29) is 0 Å². The zero-order valence-corrected chi connectivity index (χ0v) is 11.7. The van der Waals surface area contributed by atoms with E-state index in [1.165, 1.54) is 64.2 Å². The zero-order valence-electron chi connectivity index (χ0n) is 11.7. The number of rotatable bonds is 4. The molecule has 2 heterocycles. The third-order valence-corrected chi connectivity index (χ3v) is 4.45. The van der Waals surface area contributed by atoms with Gasteiger partial charge in [0.2, 0.25) is 0 Å². The molecule has 1 atom stereocenters. The highest BCUT2D eigenvalue weighted by atomic mass is 15.3. The van der Waals surface area contributed by atoms with Crippen molar-refractivity contribution in [2.75, 3.05) is 44.2 Å². The number of nitrogens with zero attached hydrogens (tertiary/aromatic N) is 2. The molecule has 3 nitrogen and oxygen atoms in total. The van der Waals surface area contributed by atoms with Crippen LogP contribution < -0.4 is 10.2 Å². The van der Waals surface area contributed by atoms with Crippen molar-refractivity contribution < 1.29 is 0 Å². The topological polar surface area (TPSA) is 18.5 Å². The molecule has 1 N–H and O–H groups in total. The minimum atomic E-state index is 0.784. The molecule has 19 heavy (non-hydrogen) atoms. The van der Waals surface area contributed by atoms with Crippen LogP contribution in [0.15, 0.2) is 30.3 Å². The van der Waals surface area contributed by atoms with Gasteiger partial charge >= 0.3 is 0 Å². The minimum Gasteiger partial charge on any atom is -0.369 e. The van der Waals surface area contributed by atoms with Crippen LogP contribution in [0, 0.1) is 0 Å². The monoisotopic (exact) mass is 259 g/mol. The highest BCUT2D eigenvalue weighted by Crippen LogP contribution is 2.16. The van der Waals surface area contributed by atoms with Crippen molar-refractivity contribution in [1.82, 2.24) is 10.2 Å². The highest BCUT2D eigenvalue weighted by Gasteiger charge is 2.19. The summed E-state index contributed by atoms with van der Waals surface area (Å²) < 4.78 is 0. The van der Waals surface area contributed by atoms with Gasteiger partial charge in [-0.25, -0.2) is 0 Å². The predicted octanol–water partition coefficient (Wildman–Crippen LogP) is 1.95. The van der Waals surface area contributed by atoms with E-state index in [0.717, 1.165) is 6.04 Å². The van der Waals surface area contributed by atoms with E-state index in [1.807, 2.05) is 0 Å². The smallest absolute Gasteiger partial charge is 0.0367 e. The zero-order chi connectivity index (χ0) is 12.9. The van der Waals surface area contributed by atoms with Crippen molar-refractivity contribution in [1.29, 1.82) is 0 Å². The minimum absolute atomic E-state index is 0.784. The lowest BCUT2D eigenvalue weighted by molar-refractivity contribution is 0.245. The molecule has 2 aliphatic heterocycles. The number of hydrogen-bond acceptors (Lipinski definition) is 3. The largest absolute Gasteiger partial charge is 0.369 e. The molecule has 104 valence electrons. The predicted molar refractivity (Wildman–Crippen MR) is 80.7 cm³/mol. The fourth-order valence-corrected chi connectivity index (χ4v) is 3.21. The molecule has 0 bridgehead atoms. The Labute approximate surface area is 116 Å². The van der Waals surface area contributed by atoms with E-state index in [4.69, 9.17) is 0 Å². The molecule has 0 saturated carbocycles. The van der Waals surface area contributed by atoms with E-state index in [2.05, 4.69) is 45.4 Å². The number of hydrogen-bond donors (Lipinski definition) is 1. The molecule has 1 unspecified atom stereocenters. The van der Waals surface area contributed by atoms with E-state index in [0.29, 0.717) is 0 Å². The molecule has 2 fully saturated rings. The lowest BCUT2D eigenvalue weighted by Gasteiger charge is -2.36. The second kappa shape index (κ2) is 6.40. The van der Waals surface area contributed by atoms with Crippen LogP contribution in [0.25, 0.3) is 0 Å². The Bertz CT molecular complexity index is 365. The third-order valence-electron chi connectivity index (χ3n) is 4.45. The molecular weight excluding hydrogens is 234 g/mol. The first-order valence-electron chi connectivity index (χ1n) is 7.67. The van der Waals surface area contributed by atoms with E-state index >= 15 is 0 Å². The molecule has 3 rings (SSSR count). The van der Waals surface area contributed by atoms with Crippen molar-refractivity contribution in [3.63, 3.8) is 0 Å². The number of piperazine rings is 1. The highest BCUT2D eigenvalue weighted by molar-refractivity contribution is 5.46. The second-order valence-electron chi connectivity index (χ2n) is 5.75. The van der Waals surface area contributed by atoms with E-state index < -0.39 is 0 Å². The van der Waals surface area contributed by atoms with Gasteiger partial charge in [-0.15, -0.1) is 0 Å². The normalized spacial score (nSPS) is 24.8. The van der Waals surface area contributed by atoms with Crippen LogP contribution in [0.3, 0.4) is 0 Å². The van der Waals surface area contributed by atoms with Crippen molar-refractivity contribution in [3.05, 3.63) is 30.3 Å². The Morgan fingerprint density at radius 3 is 2.53 bits per heavy atom. The molecule has 0 radical (unpaired) electrons. The molecule has 2 aliphatic rings.